The van der Waals surface area contributed by atoms with Gasteiger partial charge in [0.25, 0.3) is 0 Å². The summed E-state index contributed by atoms with van der Waals surface area (Å²) in [6.07, 6.45) is 6.12. The van der Waals surface area contributed by atoms with Crippen molar-refractivity contribution in [1.82, 2.24) is 9.88 Å². The molecule has 1 aromatic carbocycles. The van der Waals surface area contributed by atoms with E-state index in [0.717, 1.165) is 16.9 Å². The van der Waals surface area contributed by atoms with Crippen LogP contribution in [0.3, 0.4) is 0 Å². The van der Waals surface area contributed by atoms with Gasteiger partial charge in [0.15, 0.2) is 0 Å². The monoisotopic (exact) mass is 354 g/mol. The third kappa shape index (κ3) is 4.94. The predicted octanol–water partition coefficient (Wildman–Crippen LogP) is 4.49. The first-order chi connectivity index (χ1) is 12.2. The van der Waals surface area contributed by atoms with Gasteiger partial charge in [0.2, 0.25) is 5.91 Å². The Morgan fingerprint density at radius 3 is 2.68 bits per heavy atom. The molecule has 0 fully saturated rings. The van der Waals surface area contributed by atoms with Crippen LogP contribution in [0, 0.1) is 0 Å². The number of hydrogen-bond acceptors (Lipinski definition) is 3. The largest absolute Gasteiger partial charge is 0.467 e. The fourth-order valence-corrected chi connectivity index (χ4v) is 2.87. The van der Waals surface area contributed by atoms with Crippen molar-refractivity contribution in [2.75, 3.05) is 0 Å². The van der Waals surface area contributed by atoms with E-state index in [1.165, 1.54) is 0 Å². The zero-order valence-corrected chi connectivity index (χ0v) is 14.5. The van der Waals surface area contributed by atoms with Gasteiger partial charge < -0.3 is 9.32 Å². The first kappa shape index (κ1) is 17.2. The quantitative estimate of drug-likeness (QED) is 0.628. The Morgan fingerprint density at radius 1 is 1.08 bits per heavy atom. The minimum Gasteiger partial charge on any atom is -0.467 e. The summed E-state index contributed by atoms with van der Waals surface area (Å²) in [5.41, 5.74) is 1.97. The van der Waals surface area contributed by atoms with Crippen LogP contribution in [-0.2, 0) is 24.3 Å². The molecule has 0 aliphatic heterocycles. The van der Waals surface area contributed by atoms with Gasteiger partial charge >= 0.3 is 0 Å². The smallest absolute Gasteiger partial charge is 0.223 e. The van der Waals surface area contributed by atoms with Crippen molar-refractivity contribution in [3.05, 3.63) is 89.1 Å². The van der Waals surface area contributed by atoms with Gasteiger partial charge in [-0.1, -0.05) is 35.9 Å². The summed E-state index contributed by atoms with van der Waals surface area (Å²) >= 11 is 6.18. The molecule has 128 valence electrons. The number of rotatable bonds is 7. The molecule has 25 heavy (non-hydrogen) atoms. The second-order valence-electron chi connectivity index (χ2n) is 5.78. The van der Waals surface area contributed by atoms with Crippen molar-refractivity contribution in [2.24, 2.45) is 0 Å². The van der Waals surface area contributed by atoms with Gasteiger partial charge in [-0.05, 0) is 41.8 Å². The molecule has 3 aromatic rings. The van der Waals surface area contributed by atoms with E-state index in [4.69, 9.17) is 16.0 Å². The molecule has 2 aromatic heterocycles. The maximum Gasteiger partial charge on any atom is 0.223 e. The normalized spacial score (nSPS) is 10.6. The number of carbonyl (C=O) groups is 1. The van der Waals surface area contributed by atoms with Crippen molar-refractivity contribution in [2.45, 2.75) is 25.9 Å². The SMILES string of the molecule is O=C(CCc1ccccc1Cl)N(Cc1cccnc1)Cc1ccco1. The third-order valence-electron chi connectivity index (χ3n) is 3.94. The molecule has 0 radical (unpaired) electrons. The second-order valence-corrected chi connectivity index (χ2v) is 6.19. The van der Waals surface area contributed by atoms with Gasteiger partial charge in [0, 0.05) is 30.4 Å². The summed E-state index contributed by atoms with van der Waals surface area (Å²) < 4.78 is 5.40. The minimum absolute atomic E-state index is 0.0557. The molecule has 0 atom stereocenters. The van der Waals surface area contributed by atoms with Gasteiger partial charge in [-0.25, -0.2) is 0 Å². The zero-order valence-electron chi connectivity index (χ0n) is 13.8. The molecule has 1 amide bonds. The molecule has 0 aliphatic rings. The van der Waals surface area contributed by atoms with Gasteiger partial charge in [0.05, 0.1) is 12.8 Å². The van der Waals surface area contributed by atoms with Crippen LogP contribution in [-0.4, -0.2) is 15.8 Å². The number of nitrogens with zero attached hydrogens (tertiary/aromatic N) is 2. The Hall–Kier alpha value is -2.59. The van der Waals surface area contributed by atoms with Crippen LogP contribution in [0.5, 0.6) is 0 Å². The molecule has 0 saturated carbocycles. The molecule has 4 nitrogen and oxygen atoms in total. The molecule has 5 heteroatoms. The van der Waals surface area contributed by atoms with Crippen LogP contribution >= 0.6 is 11.6 Å². The standard InChI is InChI=1S/C20H19ClN2O2/c21-19-8-2-1-6-17(19)9-10-20(24)23(15-18-7-4-12-25-18)14-16-5-3-11-22-13-16/h1-8,11-13H,9-10,14-15H2. The molecule has 0 aliphatic carbocycles. The Kier molecular flexibility index (Phi) is 5.86. The molecular formula is C20H19ClN2O2. The van der Waals surface area contributed by atoms with Crippen LogP contribution in [0.2, 0.25) is 5.02 Å². The number of aromatic nitrogens is 1. The fraction of sp³-hybridized carbons (Fsp3) is 0.200. The van der Waals surface area contributed by atoms with Gasteiger partial charge in [-0.15, -0.1) is 0 Å². The fourth-order valence-electron chi connectivity index (χ4n) is 2.64. The zero-order chi connectivity index (χ0) is 17.5. The molecule has 0 N–H and O–H groups in total. The molecular weight excluding hydrogens is 336 g/mol. The topological polar surface area (TPSA) is 46.3 Å². The predicted molar refractivity (Wildman–Crippen MR) is 97.0 cm³/mol. The molecule has 2 heterocycles. The van der Waals surface area contributed by atoms with Crippen LogP contribution in [0.1, 0.15) is 23.3 Å². The lowest BCUT2D eigenvalue weighted by molar-refractivity contribution is -0.132. The number of amides is 1. The summed E-state index contributed by atoms with van der Waals surface area (Å²) in [5, 5.41) is 0.695. The number of furan rings is 1. The summed E-state index contributed by atoms with van der Waals surface area (Å²) in [7, 11) is 0. The molecule has 0 spiro atoms. The summed E-state index contributed by atoms with van der Waals surface area (Å²) in [6.45, 7) is 0.930. The lowest BCUT2D eigenvalue weighted by atomic mass is 10.1. The molecule has 3 rings (SSSR count). The molecule has 0 unspecified atom stereocenters. The van der Waals surface area contributed by atoms with E-state index in [2.05, 4.69) is 4.98 Å². The second kappa shape index (κ2) is 8.49. The Labute approximate surface area is 152 Å². The van der Waals surface area contributed by atoms with E-state index >= 15 is 0 Å². The van der Waals surface area contributed by atoms with Crippen molar-refractivity contribution in [3.63, 3.8) is 0 Å². The van der Waals surface area contributed by atoms with Crippen molar-refractivity contribution in [1.29, 1.82) is 0 Å². The van der Waals surface area contributed by atoms with Crippen molar-refractivity contribution < 1.29 is 9.21 Å². The van der Waals surface area contributed by atoms with Gasteiger partial charge in [0.1, 0.15) is 5.76 Å². The average Bonchev–Trinajstić information content (AvgIpc) is 3.14. The van der Waals surface area contributed by atoms with Gasteiger partial charge in [-0.3, -0.25) is 9.78 Å². The highest BCUT2D eigenvalue weighted by molar-refractivity contribution is 6.31. The number of benzene rings is 1. The number of aryl methyl sites for hydroxylation is 1. The summed E-state index contributed by atoms with van der Waals surface area (Å²) in [4.78, 5) is 18.7. The lowest BCUT2D eigenvalue weighted by Gasteiger charge is -2.22. The van der Waals surface area contributed by atoms with Crippen LogP contribution in [0.15, 0.2) is 71.6 Å². The third-order valence-corrected chi connectivity index (χ3v) is 4.31. The van der Waals surface area contributed by atoms with E-state index in [-0.39, 0.29) is 5.91 Å². The lowest BCUT2D eigenvalue weighted by Crippen LogP contribution is -2.30. The Bertz CT molecular complexity index is 804. The number of halogens is 1. The maximum atomic E-state index is 12.8. The number of hydrogen-bond donors (Lipinski definition) is 0. The Morgan fingerprint density at radius 2 is 1.96 bits per heavy atom. The summed E-state index contributed by atoms with van der Waals surface area (Å²) in [6, 6.07) is 15.1. The first-order valence-electron chi connectivity index (χ1n) is 8.15. The van der Waals surface area contributed by atoms with E-state index in [9.17, 15) is 4.79 Å². The van der Waals surface area contributed by atoms with Crippen molar-refractivity contribution >= 4 is 17.5 Å². The van der Waals surface area contributed by atoms with Crippen molar-refractivity contribution in [3.8, 4) is 0 Å². The van der Waals surface area contributed by atoms with E-state index in [0.29, 0.717) is 31.0 Å². The number of carbonyl (C=O) groups excluding carboxylic acids is 1. The number of pyridine rings is 1. The minimum atomic E-state index is 0.0557. The van der Waals surface area contributed by atoms with Crippen LogP contribution in [0.25, 0.3) is 0 Å². The summed E-state index contributed by atoms with van der Waals surface area (Å²) in [5.74, 6) is 0.815. The van der Waals surface area contributed by atoms with Crippen LogP contribution < -0.4 is 0 Å². The highest BCUT2D eigenvalue weighted by Gasteiger charge is 2.16. The highest BCUT2D eigenvalue weighted by atomic mass is 35.5. The van der Waals surface area contributed by atoms with Crippen LogP contribution in [0.4, 0.5) is 0 Å². The molecule has 0 bridgehead atoms. The van der Waals surface area contributed by atoms with E-state index < -0.39 is 0 Å². The van der Waals surface area contributed by atoms with Gasteiger partial charge in [-0.2, -0.15) is 0 Å². The van der Waals surface area contributed by atoms with E-state index in [1.54, 1.807) is 23.6 Å². The van der Waals surface area contributed by atoms with E-state index in [1.807, 2.05) is 48.5 Å². The highest BCUT2D eigenvalue weighted by Crippen LogP contribution is 2.18. The molecule has 0 saturated heterocycles. The maximum absolute atomic E-state index is 12.8. The Balaban J connectivity index is 1.69. The average molecular weight is 355 g/mol. The first-order valence-corrected chi connectivity index (χ1v) is 8.52.